The van der Waals surface area contributed by atoms with E-state index in [1.54, 1.807) is 0 Å². The fourth-order valence-electron chi connectivity index (χ4n) is 2.47. The van der Waals surface area contributed by atoms with Crippen LogP contribution >= 0.6 is 12.4 Å². The smallest absolute Gasteiger partial charge is 0.320 e. The number of rotatable bonds is 2. The molecule has 0 spiro atoms. The molecule has 4 nitrogen and oxygen atoms in total. The Labute approximate surface area is 97.4 Å². The third-order valence-electron chi connectivity index (χ3n) is 3.34. The van der Waals surface area contributed by atoms with E-state index in [0.717, 1.165) is 32.6 Å². The Balaban J connectivity index is 0.00000112. The van der Waals surface area contributed by atoms with Crippen LogP contribution in [0.5, 0.6) is 0 Å². The molecule has 2 fully saturated rings. The lowest BCUT2D eigenvalue weighted by molar-refractivity contribution is 0.146. The van der Waals surface area contributed by atoms with Crippen LogP contribution in [0.1, 0.15) is 20.3 Å². The number of nitrogens with zero attached hydrogens (tertiary/aromatic N) is 2. The lowest BCUT2D eigenvalue weighted by Gasteiger charge is -2.32. The summed E-state index contributed by atoms with van der Waals surface area (Å²) in [5, 5.41) is 3.40. The summed E-state index contributed by atoms with van der Waals surface area (Å²) in [6.07, 6.45) is 1.15. The molecule has 0 saturated carbocycles. The molecule has 5 heteroatoms. The Morgan fingerprint density at radius 3 is 2.53 bits per heavy atom. The van der Waals surface area contributed by atoms with Crippen LogP contribution in [0, 0.1) is 0 Å². The SMILES string of the molecule is CCN(CC)C(=O)N1CC2CC1CN2.Cl. The van der Waals surface area contributed by atoms with Crippen molar-refractivity contribution >= 4 is 18.4 Å². The molecule has 1 N–H and O–H groups in total. The van der Waals surface area contributed by atoms with Crippen LogP contribution in [0.15, 0.2) is 0 Å². The molecule has 2 heterocycles. The number of halogens is 1. The Kier molecular flexibility index (Phi) is 4.22. The first-order valence-electron chi connectivity index (χ1n) is 5.55. The van der Waals surface area contributed by atoms with Gasteiger partial charge in [-0.05, 0) is 20.3 Å². The predicted octanol–water partition coefficient (Wildman–Crippen LogP) is 0.916. The molecule has 2 rings (SSSR count). The van der Waals surface area contributed by atoms with Crippen molar-refractivity contribution < 1.29 is 4.79 Å². The highest BCUT2D eigenvalue weighted by Crippen LogP contribution is 2.24. The summed E-state index contributed by atoms with van der Waals surface area (Å²) < 4.78 is 0. The van der Waals surface area contributed by atoms with Crippen molar-refractivity contribution in [3.8, 4) is 0 Å². The standard InChI is InChI=1S/C10H19N3O.ClH/c1-3-12(4-2)10(14)13-7-8-5-9(13)6-11-8;/h8-9,11H,3-7H2,1-2H3;1H. The van der Waals surface area contributed by atoms with E-state index in [4.69, 9.17) is 0 Å². The summed E-state index contributed by atoms with van der Waals surface area (Å²) in [6.45, 7) is 7.59. The van der Waals surface area contributed by atoms with E-state index >= 15 is 0 Å². The Morgan fingerprint density at radius 1 is 1.47 bits per heavy atom. The molecule has 88 valence electrons. The van der Waals surface area contributed by atoms with Crippen molar-refractivity contribution in [3.05, 3.63) is 0 Å². The van der Waals surface area contributed by atoms with Crippen molar-refractivity contribution in [2.45, 2.75) is 32.4 Å². The minimum atomic E-state index is 0. The summed E-state index contributed by atoms with van der Waals surface area (Å²) in [6, 6.07) is 1.23. The van der Waals surface area contributed by atoms with Crippen molar-refractivity contribution in [1.29, 1.82) is 0 Å². The molecule has 0 aromatic rings. The van der Waals surface area contributed by atoms with Gasteiger partial charge in [-0.1, -0.05) is 0 Å². The first-order chi connectivity index (χ1) is 6.76. The molecule has 2 bridgehead atoms. The molecule has 0 radical (unpaired) electrons. The molecular weight excluding hydrogens is 214 g/mol. The lowest BCUT2D eigenvalue weighted by Crippen LogP contribution is -2.51. The zero-order chi connectivity index (χ0) is 10.1. The normalized spacial score (nSPS) is 27.7. The largest absolute Gasteiger partial charge is 0.325 e. The van der Waals surface area contributed by atoms with Gasteiger partial charge in [0.25, 0.3) is 0 Å². The molecular formula is C10H20ClN3O. The third-order valence-corrected chi connectivity index (χ3v) is 3.34. The van der Waals surface area contributed by atoms with Gasteiger partial charge in [-0.3, -0.25) is 0 Å². The average molecular weight is 234 g/mol. The molecule has 2 aliphatic rings. The molecule has 15 heavy (non-hydrogen) atoms. The number of carbonyl (C=O) groups excluding carboxylic acids is 1. The van der Waals surface area contributed by atoms with E-state index in [9.17, 15) is 4.79 Å². The van der Waals surface area contributed by atoms with Gasteiger partial charge in [0.05, 0.1) is 0 Å². The number of hydrogen-bond donors (Lipinski definition) is 1. The van der Waals surface area contributed by atoms with Gasteiger partial charge < -0.3 is 15.1 Å². The van der Waals surface area contributed by atoms with Crippen molar-refractivity contribution in [1.82, 2.24) is 15.1 Å². The maximum Gasteiger partial charge on any atom is 0.320 e. The fourth-order valence-corrected chi connectivity index (χ4v) is 2.47. The van der Waals surface area contributed by atoms with Crippen LogP contribution in [-0.4, -0.2) is 54.1 Å². The second-order valence-electron chi connectivity index (χ2n) is 4.10. The summed E-state index contributed by atoms with van der Waals surface area (Å²) in [5.74, 6) is 0. The third kappa shape index (κ3) is 2.21. The number of nitrogens with one attached hydrogen (secondary N) is 1. The van der Waals surface area contributed by atoms with Gasteiger partial charge in [-0.25, -0.2) is 4.79 Å². The van der Waals surface area contributed by atoms with Gasteiger partial charge in [0.1, 0.15) is 0 Å². The summed E-state index contributed by atoms with van der Waals surface area (Å²) in [5.41, 5.74) is 0. The van der Waals surface area contributed by atoms with Gasteiger partial charge in [0, 0.05) is 38.3 Å². The Morgan fingerprint density at radius 2 is 2.13 bits per heavy atom. The molecule has 2 saturated heterocycles. The van der Waals surface area contributed by atoms with Crippen LogP contribution in [0.3, 0.4) is 0 Å². The van der Waals surface area contributed by atoms with Gasteiger partial charge in [-0.2, -0.15) is 0 Å². The molecule has 0 aromatic heterocycles. The Bertz CT molecular complexity index is 233. The number of hydrogen-bond acceptors (Lipinski definition) is 2. The highest BCUT2D eigenvalue weighted by atomic mass is 35.5. The zero-order valence-electron chi connectivity index (χ0n) is 9.40. The first kappa shape index (κ1) is 12.6. The predicted molar refractivity (Wildman–Crippen MR) is 62.5 cm³/mol. The van der Waals surface area contributed by atoms with Gasteiger partial charge in [0.15, 0.2) is 0 Å². The molecule has 2 atom stereocenters. The van der Waals surface area contributed by atoms with Crippen molar-refractivity contribution in [2.24, 2.45) is 0 Å². The van der Waals surface area contributed by atoms with Gasteiger partial charge in [0.2, 0.25) is 0 Å². The van der Waals surface area contributed by atoms with Crippen LogP contribution < -0.4 is 5.32 Å². The van der Waals surface area contributed by atoms with E-state index in [2.05, 4.69) is 5.32 Å². The number of piperazine rings is 1. The highest BCUT2D eigenvalue weighted by molar-refractivity contribution is 5.85. The summed E-state index contributed by atoms with van der Waals surface area (Å²) in [7, 11) is 0. The number of likely N-dealkylation sites (tertiary alicyclic amines) is 1. The van der Waals surface area contributed by atoms with E-state index in [-0.39, 0.29) is 18.4 Å². The van der Waals surface area contributed by atoms with Crippen molar-refractivity contribution in [3.63, 3.8) is 0 Å². The van der Waals surface area contributed by atoms with Crippen LogP contribution in [-0.2, 0) is 0 Å². The highest BCUT2D eigenvalue weighted by Gasteiger charge is 2.40. The number of amides is 2. The monoisotopic (exact) mass is 233 g/mol. The molecule has 2 amide bonds. The maximum atomic E-state index is 12.0. The maximum absolute atomic E-state index is 12.0. The summed E-state index contributed by atoms with van der Waals surface area (Å²) in [4.78, 5) is 16.0. The second-order valence-corrected chi connectivity index (χ2v) is 4.10. The molecule has 0 aromatic carbocycles. The van der Waals surface area contributed by atoms with Crippen LogP contribution in [0.4, 0.5) is 4.79 Å². The van der Waals surface area contributed by atoms with Gasteiger partial charge >= 0.3 is 6.03 Å². The average Bonchev–Trinajstić information content (AvgIpc) is 2.80. The number of urea groups is 1. The Hall–Kier alpha value is -0.480. The molecule has 2 unspecified atom stereocenters. The number of carbonyl (C=O) groups is 1. The lowest BCUT2D eigenvalue weighted by atomic mass is 10.2. The van der Waals surface area contributed by atoms with Gasteiger partial charge in [-0.15, -0.1) is 12.4 Å². The summed E-state index contributed by atoms with van der Waals surface area (Å²) >= 11 is 0. The molecule has 2 aliphatic heterocycles. The van der Waals surface area contributed by atoms with Crippen molar-refractivity contribution in [2.75, 3.05) is 26.2 Å². The fraction of sp³-hybridized carbons (Fsp3) is 0.900. The van der Waals surface area contributed by atoms with Crippen LogP contribution in [0.2, 0.25) is 0 Å². The minimum Gasteiger partial charge on any atom is -0.325 e. The minimum absolute atomic E-state index is 0. The zero-order valence-corrected chi connectivity index (χ0v) is 10.2. The van der Waals surface area contributed by atoms with E-state index in [1.807, 2.05) is 23.6 Å². The quantitative estimate of drug-likeness (QED) is 0.770. The van der Waals surface area contributed by atoms with E-state index in [1.165, 1.54) is 0 Å². The first-order valence-corrected chi connectivity index (χ1v) is 5.55. The van der Waals surface area contributed by atoms with Crippen LogP contribution in [0.25, 0.3) is 0 Å². The second kappa shape index (κ2) is 5.03. The topological polar surface area (TPSA) is 35.6 Å². The van der Waals surface area contributed by atoms with E-state index in [0.29, 0.717) is 12.1 Å². The number of fused-ring (bicyclic) bond motifs is 2. The van der Waals surface area contributed by atoms with E-state index < -0.39 is 0 Å². The molecule has 0 aliphatic carbocycles.